The minimum atomic E-state index is -1.51. The van der Waals surface area contributed by atoms with E-state index in [9.17, 15) is 19.5 Å². The molecule has 0 fully saturated rings. The van der Waals surface area contributed by atoms with E-state index in [1.807, 2.05) is 21.1 Å². The highest BCUT2D eigenvalue weighted by Crippen LogP contribution is 2.20. The van der Waals surface area contributed by atoms with Gasteiger partial charge in [-0.15, -0.1) is 0 Å². The predicted octanol–water partition coefficient (Wildman–Crippen LogP) is 27.0. The zero-order valence-corrected chi connectivity index (χ0v) is 64.4. The number of rotatable bonds is 80. The van der Waals surface area contributed by atoms with Crippen molar-refractivity contribution in [2.24, 2.45) is 0 Å². The van der Waals surface area contributed by atoms with E-state index in [0.717, 1.165) is 44.9 Å². The highest BCUT2D eigenvalue weighted by atomic mass is 16.7. The molecule has 9 heteroatoms. The van der Waals surface area contributed by atoms with Crippen molar-refractivity contribution in [3.63, 3.8) is 0 Å². The lowest BCUT2D eigenvalue weighted by Crippen LogP contribution is -2.40. The molecule has 1 N–H and O–H groups in total. The summed E-state index contributed by atoms with van der Waals surface area (Å²) in [6.07, 6.45) is 97.5. The summed E-state index contributed by atoms with van der Waals surface area (Å²) in [6.45, 7) is 4.95. The van der Waals surface area contributed by atoms with E-state index in [4.69, 9.17) is 18.9 Å². The van der Waals surface area contributed by atoms with Crippen LogP contribution in [0.4, 0.5) is 0 Å². The lowest BCUT2D eigenvalue weighted by Gasteiger charge is -2.25. The zero-order chi connectivity index (χ0) is 69.0. The molecular weight excluding hydrogens is 1170 g/mol. The Kier molecular flexibility index (Phi) is 75.2. The molecule has 0 amide bonds. The zero-order valence-electron chi connectivity index (χ0n) is 64.4. The molecule has 0 aliphatic rings. The number of nitrogens with zero attached hydrogens (tertiary/aromatic N) is 1. The molecule has 0 aromatic rings. The van der Waals surface area contributed by atoms with Crippen LogP contribution in [0.2, 0.25) is 0 Å². The summed E-state index contributed by atoms with van der Waals surface area (Å²) in [5.74, 6) is -1.97. The second-order valence-electron chi connectivity index (χ2n) is 30.1. The van der Waals surface area contributed by atoms with Gasteiger partial charge in [-0.1, -0.05) is 391 Å². The number of likely N-dealkylation sites (N-methyl/N-ethyl adjacent to an activating group) is 1. The van der Waals surface area contributed by atoms with Gasteiger partial charge in [0.2, 0.25) is 0 Å². The van der Waals surface area contributed by atoms with Crippen LogP contribution in [0.5, 0.6) is 0 Å². The molecule has 0 spiro atoms. The van der Waals surface area contributed by atoms with Crippen LogP contribution in [0.25, 0.3) is 0 Å². The Morgan fingerprint density at radius 2 is 0.568 bits per heavy atom. The Balaban J connectivity index is 3.93. The van der Waals surface area contributed by atoms with E-state index in [1.54, 1.807) is 0 Å². The van der Waals surface area contributed by atoms with Crippen LogP contribution in [0.15, 0.2) is 36.5 Å². The maximum Gasteiger partial charge on any atom is 0.361 e. The Labute approximate surface area is 591 Å². The first-order valence-corrected chi connectivity index (χ1v) is 42.2. The average molecular weight is 1340 g/mol. The Morgan fingerprint density at radius 1 is 0.316 bits per heavy atom. The van der Waals surface area contributed by atoms with Crippen molar-refractivity contribution >= 4 is 17.9 Å². The van der Waals surface area contributed by atoms with Crippen molar-refractivity contribution in [1.82, 2.24) is 0 Å². The number of carboxylic acids is 1. The van der Waals surface area contributed by atoms with Crippen molar-refractivity contribution in [3.05, 3.63) is 36.5 Å². The fraction of sp³-hybridized carbons (Fsp3) is 0.895. The van der Waals surface area contributed by atoms with E-state index < -0.39 is 18.4 Å². The number of carbonyl (C=O) groups excluding carboxylic acids is 2. The smallest absolute Gasteiger partial charge is 0.361 e. The van der Waals surface area contributed by atoms with Gasteiger partial charge in [0, 0.05) is 12.8 Å². The van der Waals surface area contributed by atoms with Gasteiger partial charge in [-0.2, -0.15) is 0 Å². The summed E-state index contributed by atoms with van der Waals surface area (Å²) >= 11 is 0. The topological polar surface area (TPSA) is 108 Å². The van der Waals surface area contributed by atoms with Gasteiger partial charge < -0.3 is 28.5 Å². The van der Waals surface area contributed by atoms with E-state index in [2.05, 4.69) is 50.3 Å². The molecule has 0 bridgehead atoms. The molecule has 95 heavy (non-hydrogen) atoms. The number of quaternary nitrogens is 1. The molecule has 0 radical (unpaired) electrons. The maximum atomic E-state index is 13.0. The predicted molar refractivity (Wildman–Crippen MR) is 411 cm³/mol. The second kappa shape index (κ2) is 77.3. The number of carboxylic acid groups (broad SMARTS) is 1. The van der Waals surface area contributed by atoms with Crippen molar-refractivity contribution in [1.29, 1.82) is 0 Å². The van der Waals surface area contributed by atoms with E-state index in [-0.39, 0.29) is 38.2 Å². The molecule has 0 heterocycles. The number of allylic oxidation sites excluding steroid dienone is 6. The summed E-state index contributed by atoms with van der Waals surface area (Å²) in [5, 5.41) is 9.78. The van der Waals surface area contributed by atoms with Gasteiger partial charge in [0.15, 0.2) is 6.10 Å². The third-order valence-electron chi connectivity index (χ3n) is 19.4. The third-order valence-corrected chi connectivity index (χ3v) is 19.4. The fourth-order valence-electron chi connectivity index (χ4n) is 12.9. The fourth-order valence-corrected chi connectivity index (χ4v) is 12.9. The van der Waals surface area contributed by atoms with Crippen LogP contribution in [-0.2, 0) is 33.3 Å². The minimum Gasteiger partial charge on any atom is -0.477 e. The normalized spacial score (nSPS) is 12.7. The van der Waals surface area contributed by atoms with Crippen LogP contribution < -0.4 is 0 Å². The number of aliphatic carboxylic acids is 1. The molecule has 0 aliphatic heterocycles. The summed E-state index contributed by atoms with van der Waals surface area (Å²) in [7, 11) is 6.00. The Hall–Kier alpha value is -2.49. The molecule has 0 aromatic heterocycles. The largest absolute Gasteiger partial charge is 0.477 e. The van der Waals surface area contributed by atoms with Crippen molar-refractivity contribution < 1.29 is 42.9 Å². The first-order valence-electron chi connectivity index (χ1n) is 42.2. The monoisotopic (exact) mass is 1340 g/mol. The highest BCUT2D eigenvalue weighted by Gasteiger charge is 2.25. The molecule has 0 saturated carbocycles. The number of carbonyl (C=O) groups is 3. The van der Waals surface area contributed by atoms with Crippen LogP contribution in [0, 0.1) is 0 Å². The molecular formula is C86H164NO8+. The van der Waals surface area contributed by atoms with E-state index in [1.165, 1.54) is 366 Å². The highest BCUT2D eigenvalue weighted by molar-refractivity contribution is 5.71. The summed E-state index contributed by atoms with van der Waals surface area (Å²) in [6, 6.07) is 0. The van der Waals surface area contributed by atoms with Crippen LogP contribution in [0.3, 0.4) is 0 Å². The lowest BCUT2D eigenvalue weighted by molar-refractivity contribution is -0.870. The first kappa shape index (κ1) is 92.5. The summed E-state index contributed by atoms with van der Waals surface area (Å²) in [4.78, 5) is 37.8. The standard InChI is InChI=1S/C86H163NO8/c1-6-8-10-12-14-16-18-20-22-24-26-28-30-32-34-36-38-40-41-42-43-45-46-48-50-52-54-56-58-60-62-64-66-68-70-72-74-76-83(88)93-80-82(81-94-86(85(90)91)92-79-78-87(3,4)5)95-84(89)77-75-73-71-69-67-65-63-61-59-57-55-53-51-49-47-44-39-37-35-33-31-29-27-25-23-21-19-17-15-13-11-9-7-2/h19,21,24-27,82,86H,6-18,20,22-23,28-81H2,1-5H3/p+1/b21-19-,26-24-,27-25-. The molecule has 0 rings (SSSR count). The molecule has 560 valence electrons. The number of hydrogen-bond acceptors (Lipinski definition) is 7. The van der Waals surface area contributed by atoms with Gasteiger partial charge in [0.05, 0.1) is 34.4 Å². The van der Waals surface area contributed by atoms with Crippen molar-refractivity contribution in [2.75, 3.05) is 47.5 Å². The minimum absolute atomic E-state index is 0.175. The van der Waals surface area contributed by atoms with Gasteiger partial charge in [-0.3, -0.25) is 9.59 Å². The Bertz CT molecular complexity index is 1650. The van der Waals surface area contributed by atoms with Crippen LogP contribution in [0.1, 0.15) is 438 Å². The molecule has 0 aromatic carbocycles. The maximum absolute atomic E-state index is 13.0. The van der Waals surface area contributed by atoms with Gasteiger partial charge in [-0.25, -0.2) is 4.79 Å². The average Bonchev–Trinajstić information content (AvgIpc) is 3.75. The molecule has 0 saturated heterocycles. The summed E-state index contributed by atoms with van der Waals surface area (Å²) in [5.41, 5.74) is 0. The first-order chi connectivity index (χ1) is 46.6. The van der Waals surface area contributed by atoms with E-state index >= 15 is 0 Å². The van der Waals surface area contributed by atoms with Crippen LogP contribution in [-0.4, -0.2) is 87.4 Å². The van der Waals surface area contributed by atoms with Gasteiger partial charge in [-0.05, 0) is 70.6 Å². The quantitative estimate of drug-likeness (QED) is 0.0211. The van der Waals surface area contributed by atoms with Crippen molar-refractivity contribution in [3.8, 4) is 0 Å². The second-order valence-corrected chi connectivity index (χ2v) is 30.1. The van der Waals surface area contributed by atoms with Gasteiger partial charge in [0.25, 0.3) is 6.29 Å². The van der Waals surface area contributed by atoms with Gasteiger partial charge >= 0.3 is 17.9 Å². The lowest BCUT2D eigenvalue weighted by atomic mass is 10.0. The molecule has 2 unspecified atom stereocenters. The third kappa shape index (κ3) is 78.7. The number of ether oxygens (including phenoxy) is 4. The molecule has 0 aliphatic carbocycles. The number of hydrogen-bond donors (Lipinski definition) is 1. The molecule has 9 nitrogen and oxygen atoms in total. The SMILES string of the molecule is CCCCCCC/C=C\C/C=C\CCCCCCCCCCCCCCCCCCCCCCCC(=O)OC(COC(=O)CCCCCCCCCCCCCCCCCCCCCCCCCCC/C=C\CCCCCCCCCC)COC(OCC[N+](C)(C)C)C(=O)O. The van der Waals surface area contributed by atoms with Crippen LogP contribution >= 0.6 is 0 Å². The number of esters is 2. The molecule has 2 atom stereocenters. The Morgan fingerprint density at radius 3 is 0.842 bits per heavy atom. The number of unbranched alkanes of at least 4 members (excludes halogenated alkanes) is 59. The summed E-state index contributed by atoms with van der Waals surface area (Å²) < 4.78 is 23.1. The van der Waals surface area contributed by atoms with Gasteiger partial charge in [0.1, 0.15) is 13.2 Å². The van der Waals surface area contributed by atoms with E-state index in [0.29, 0.717) is 17.4 Å². The van der Waals surface area contributed by atoms with Crippen molar-refractivity contribution in [2.45, 2.75) is 450 Å².